The molecule has 1 rings (SSSR count). The Labute approximate surface area is 92.1 Å². The van der Waals surface area contributed by atoms with E-state index in [0.717, 1.165) is 17.7 Å². The summed E-state index contributed by atoms with van der Waals surface area (Å²) in [6, 6.07) is 9.19. The summed E-state index contributed by atoms with van der Waals surface area (Å²) < 4.78 is 0. The van der Waals surface area contributed by atoms with Crippen molar-refractivity contribution < 1.29 is 14.7 Å². The molecule has 0 radical (unpaired) electrons. The second-order valence-corrected chi connectivity index (χ2v) is 2.82. The molecule has 16 heavy (non-hydrogen) atoms. The third kappa shape index (κ3) is 4.71. The molecule has 1 amide bonds. The third-order valence-corrected chi connectivity index (χ3v) is 1.57. The number of amides is 1. The van der Waals surface area contributed by atoms with Crippen LogP contribution in [0, 0.1) is 0 Å². The maximum absolute atomic E-state index is 11.0. The molecule has 0 heterocycles. The van der Waals surface area contributed by atoms with E-state index >= 15 is 0 Å². The van der Waals surface area contributed by atoms with Gasteiger partial charge in [0.2, 0.25) is 0 Å². The first-order chi connectivity index (χ1) is 7.68. The summed E-state index contributed by atoms with van der Waals surface area (Å²) in [7, 11) is 0. The lowest BCUT2D eigenvalue weighted by Gasteiger charge is -1.92. The molecule has 0 unspecified atom stereocenters. The average Bonchev–Trinajstić information content (AvgIpc) is 2.28. The van der Waals surface area contributed by atoms with Crippen LogP contribution in [0.2, 0.25) is 0 Å². The van der Waals surface area contributed by atoms with E-state index in [1.54, 1.807) is 0 Å². The van der Waals surface area contributed by atoms with E-state index in [1.165, 1.54) is 6.21 Å². The van der Waals surface area contributed by atoms with Crippen LogP contribution in [0.15, 0.2) is 47.6 Å². The minimum atomic E-state index is -1.18. The van der Waals surface area contributed by atoms with Crippen LogP contribution in [0.4, 0.5) is 0 Å². The first-order valence-electron chi connectivity index (χ1n) is 4.47. The number of aliphatic carboxylic acids is 1. The van der Waals surface area contributed by atoms with E-state index in [1.807, 2.05) is 30.3 Å². The van der Waals surface area contributed by atoms with E-state index in [9.17, 15) is 9.59 Å². The topological polar surface area (TPSA) is 78.8 Å². The number of carboxylic acids is 1. The smallest absolute Gasteiger partial charge is 0.328 e. The molecule has 0 atom stereocenters. The molecule has 5 nitrogen and oxygen atoms in total. The van der Waals surface area contributed by atoms with Crippen molar-refractivity contribution in [2.75, 3.05) is 0 Å². The summed E-state index contributed by atoms with van der Waals surface area (Å²) in [5, 5.41) is 11.9. The van der Waals surface area contributed by atoms with Gasteiger partial charge in [0.25, 0.3) is 5.91 Å². The minimum Gasteiger partial charge on any atom is -0.478 e. The number of rotatable bonds is 4. The lowest BCUT2D eigenvalue weighted by Crippen LogP contribution is -2.14. The number of hydrazone groups is 1. The Kier molecular flexibility index (Phi) is 4.46. The molecule has 0 aliphatic carbocycles. The van der Waals surface area contributed by atoms with Crippen LogP contribution in [-0.2, 0) is 9.59 Å². The molecule has 0 saturated carbocycles. The highest BCUT2D eigenvalue weighted by atomic mass is 16.4. The molecule has 2 N–H and O–H groups in total. The van der Waals surface area contributed by atoms with E-state index in [4.69, 9.17) is 5.11 Å². The Balaban J connectivity index is 2.43. The highest BCUT2D eigenvalue weighted by molar-refractivity contribution is 5.94. The summed E-state index contributed by atoms with van der Waals surface area (Å²) in [6.45, 7) is 0. The maximum atomic E-state index is 11.0. The quantitative estimate of drug-likeness (QED) is 0.445. The molecule has 1 aromatic carbocycles. The van der Waals surface area contributed by atoms with Crippen molar-refractivity contribution in [3.8, 4) is 0 Å². The van der Waals surface area contributed by atoms with Crippen molar-refractivity contribution in [2.45, 2.75) is 0 Å². The first-order valence-corrected chi connectivity index (χ1v) is 4.47. The SMILES string of the molecule is O=C(O)/C=C\C(=O)N/N=C\c1ccccc1. The van der Waals surface area contributed by atoms with Gasteiger partial charge in [-0.05, 0) is 5.56 Å². The van der Waals surface area contributed by atoms with Crippen molar-refractivity contribution in [3.05, 3.63) is 48.0 Å². The van der Waals surface area contributed by atoms with Crippen molar-refractivity contribution in [1.82, 2.24) is 5.43 Å². The highest BCUT2D eigenvalue weighted by Crippen LogP contribution is 1.92. The summed E-state index contributed by atoms with van der Waals surface area (Å²) in [4.78, 5) is 21.1. The number of carboxylic acid groups (broad SMARTS) is 1. The number of nitrogens with zero attached hydrogens (tertiary/aromatic N) is 1. The zero-order valence-electron chi connectivity index (χ0n) is 8.33. The van der Waals surface area contributed by atoms with Crippen molar-refractivity contribution in [2.24, 2.45) is 5.10 Å². The average molecular weight is 218 g/mol. The Morgan fingerprint density at radius 2 is 1.88 bits per heavy atom. The first kappa shape index (κ1) is 11.6. The number of nitrogens with one attached hydrogen (secondary N) is 1. The molecule has 0 aliphatic rings. The van der Waals surface area contributed by atoms with Gasteiger partial charge in [-0.3, -0.25) is 4.79 Å². The van der Waals surface area contributed by atoms with Gasteiger partial charge in [-0.2, -0.15) is 5.10 Å². The van der Waals surface area contributed by atoms with E-state index < -0.39 is 11.9 Å². The number of hydrogen-bond acceptors (Lipinski definition) is 3. The lowest BCUT2D eigenvalue weighted by molar-refractivity contribution is -0.131. The van der Waals surface area contributed by atoms with Gasteiger partial charge in [0.1, 0.15) is 0 Å². The van der Waals surface area contributed by atoms with Gasteiger partial charge < -0.3 is 5.11 Å². The highest BCUT2D eigenvalue weighted by Gasteiger charge is 1.93. The fourth-order valence-corrected chi connectivity index (χ4v) is 0.894. The molecule has 0 aliphatic heterocycles. The van der Waals surface area contributed by atoms with E-state index in [0.29, 0.717) is 0 Å². The van der Waals surface area contributed by atoms with E-state index in [-0.39, 0.29) is 0 Å². The summed E-state index contributed by atoms with van der Waals surface area (Å²) in [5.41, 5.74) is 3.00. The maximum Gasteiger partial charge on any atom is 0.328 e. The monoisotopic (exact) mass is 218 g/mol. The van der Waals surface area contributed by atoms with Crippen LogP contribution in [-0.4, -0.2) is 23.2 Å². The Hall–Kier alpha value is -2.43. The van der Waals surface area contributed by atoms with Crippen LogP contribution >= 0.6 is 0 Å². The van der Waals surface area contributed by atoms with Crippen LogP contribution in [0.25, 0.3) is 0 Å². The second-order valence-electron chi connectivity index (χ2n) is 2.82. The van der Waals surface area contributed by atoms with Gasteiger partial charge in [-0.1, -0.05) is 30.3 Å². The molecule has 0 saturated heterocycles. The van der Waals surface area contributed by atoms with Gasteiger partial charge in [-0.15, -0.1) is 0 Å². The van der Waals surface area contributed by atoms with Gasteiger partial charge in [0.15, 0.2) is 0 Å². The Morgan fingerprint density at radius 3 is 2.50 bits per heavy atom. The van der Waals surface area contributed by atoms with Crippen LogP contribution in [0.1, 0.15) is 5.56 Å². The summed E-state index contributed by atoms with van der Waals surface area (Å²) >= 11 is 0. The fraction of sp³-hybridized carbons (Fsp3) is 0. The molecule has 82 valence electrons. The van der Waals surface area contributed by atoms with Crippen molar-refractivity contribution in [1.29, 1.82) is 0 Å². The standard InChI is InChI=1S/C11H10N2O3/c14-10(6-7-11(15)16)13-12-8-9-4-2-1-3-5-9/h1-8H,(H,13,14)(H,15,16)/b7-6-,12-8-. The Bertz CT molecular complexity index is 424. The number of hydrogen-bond donors (Lipinski definition) is 2. The molecule has 1 aromatic rings. The van der Waals surface area contributed by atoms with Crippen LogP contribution < -0.4 is 5.43 Å². The predicted molar refractivity (Wildman–Crippen MR) is 59.0 cm³/mol. The molecule has 0 bridgehead atoms. The second kappa shape index (κ2) is 6.13. The van der Waals surface area contributed by atoms with Crippen molar-refractivity contribution in [3.63, 3.8) is 0 Å². The lowest BCUT2D eigenvalue weighted by atomic mass is 10.2. The molecule has 0 fully saturated rings. The Morgan fingerprint density at radius 1 is 1.19 bits per heavy atom. The summed E-state index contributed by atoms with van der Waals surface area (Å²) in [6.07, 6.45) is 3.10. The van der Waals surface area contributed by atoms with Gasteiger partial charge in [0.05, 0.1) is 6.21 Å². The number of benzene rings is 1. The minimum absolute atomic E-state index is 0.588. The molecular weight excluding hydrogens is 208 g/mol. The van der Waals surface area contributed by atoms with Crippen LogP contribution in [0.5, 0.6) is 0 Å². The zero-order valence-corrected chi connectivity index (χ0v) is 8.33. The third-order valence-electron chi connectivity index (χ3n) is 1.57. The predicted octanol–water partition coefficient (Wildman–Crippen LogP) is 0.777. The molecule has 0 spiro atoms. The van der Waals surface area contributed by atoms with Gasteiger partial charge in [-0.25, -0.2) is 10.2 Å². The van der Waals surface area contributed by atoms with Crippen LogP contribution in [0.3, 0.4) is 0 Å². The van der Waals surface area contributed by atoms with Gasteiger partial charge >= 0.3 is 5.97 Å². The van der Waals surface area contributed by atoms with Crippen molar-refractivity contribution >= 4 is 18.1 Å². The number of carbonyl (C=O) groups is 2. The fourth-order valence-electron chi connectivity index (χ4n) is 0.894. The normalized spacial score (nSPS) is 10.8. The summed E-state index contributed by atoms with van der Waals surface area (Å²) in [5.74, 6) is -1.77. The molecule has 0 aromatic heterocycles. The number of carbonyl (C=O) groups excluding carboxylic acids is 1. The van der Waals surface area contributed by atoms with E-state index in [2.05, 4.69) is 10.5 Å². The zero-order chi connectivity index (χ0) is 11.8. The molecular formula is C11H10N2O3. The molecule has 5 heteroatoms. The largest absolute Gasteiger partial charge is 0.478 e. The van der Waals surface area contributed by atoms with Gasteiger partial charge in [0, 0.05) is 12.2 Å².